The van der Waals surface area contributed by atoms with Crippen molar-refractivity contribution in [3.63, 3.8) is 0 Å². The van der Waals surface area contributed by atoms with Crippen LogP contribution in [0.1, 0.15) is 58.3 Å². The number of piperidine rings is 1. The first-order valence-electron chi connectivity index (χ1n) is 10.7. The predicted molar refractivity (Wildman–Crippen MR) is 101 cm³/mol. The van der Waals surface area contributed by atoms with Gasteiger partial charge in [-0.1, -0.05) is 0 Å². The van der Waals surface area contributed by atoms with Gasteiger partial charge in [0.25, 0.3) is 5.91 Å². The summed E-state index contributed by atoms with van der Waals surface area (Å²) >= 11 is 0. The highest BCUT2D eigenvalue weighted by Gasteiger charge is 2.64. The Labute approximate surface area is 165 Å². The zero-order chi connectivity index (χ0) is 19.8. The predicted octanol–water partition coefficient (Wildman–Crippen LogP) is 1.02. The van der Waals surface area contributed by atoms with Crippen molar-refractivity contribution in [1.29, 1.82) is 0 Å². The van der Waals surface area contributed by atoms with E-state index in [1.165, 1.54) is 0 Å². The van der Waals surface area contributed by atoms with Crippen molar-refractivity contribution in [3.8, 4) is 0 Å². The van der Waals surface area contributed by atoms with Crippen molar-refractivity contribution in [2.45, 2.75) is 88.2 Å². The van der Waals surface area contributed by atoms with Gasteiger partial charge in [-0.2, -0.15) is 0 Å². The molecule has 5 saturated carbocycles. The van der Waals surface area contributed by atoms with Crippen LogP contribution in [-0.2, 0) is 9.59 Å². The molecule has 1 aliphatic heterocycles. The second-order valence-corrected chi connectivity index (χ2v) is 10.4. The van der Waals surface area contributed by atoms with Crippen LogP contribution in [0.15, 0.2) is 0 Å². The average molecular weight is 386 g/mol. The minimum atomic E-state index is -0.714. The van der Waals surface area contributed by atoms with Gasteiger partial charge in [-0.3, -0.25) is 19.3 Å². The van der Waals surface area contributed by atoms with Gasteiger partial charge in [0.2, 0.25) is 5.91 Å². The molecule has 0 aromatic heterocycles. The monoisotopic (exact) mass is 386 g/mol. The maximum atomic E-state index is 13.8. The van der Waals surface area contributed by atoms with Crippen LogP contribution in [0.2, 0.25) is 0 Å². The number of rotatable bonds is 4. The molecular formula is C21H30N4O3. The SMILES string of the molecule is [C-]#[N+]C1CC2CC2N1C(=O)C(NC(=O)C(C)N)C12CC3CC(CC(O)(C3)C1)C2. The second-order valence-electron chi connectivity index (χ2n) is 10.4. The van der Waals surface area contributed by atoms with Gasteiger partial charge in [-0.25, -0.2) is 6.57 Å². The van der Waals surface area contributed by atoms with Crippen molar-refractivity contribution in [1.82, 2.24) is 10.2 Å². The number of nitrogens with zero attached hydrogens (tertiary/aromatic N) is 2. The minimum absolute atomic E-state index is 0.120. The first-order valence-corrected chi connectivity index (χ1v) is 10.7. The first kappa shape index (κ1) is 18.4. The van der Waals surface area contributed by atoms with Gasteiger partial charge < -0.3 is 16.2 Å². The fourth-order valence-electron chi connectivity index (χ4n) is 7.38. The van der Waals surface area contributed by atoms with E-state index < -0.39 is 29.3 Å². The van der Waals surface area contributed by atoms with Crippen molar-refractivity contribution in [2.75, 3.05) is 0 Å². The summed E-state index contributed by atoms with van der Waals surface area (Å²) in [6.45, 7) is 9.14. The lowest BCUT2D eigenvalue weighted by atomic mass is 9.46. The molecule has 6 aliphatic rings. The van der Waals surface area contributed by atoms with Gasteiger partial charge in [0.15, 0.2) is 0 Å². The van der Waals surface area contributed by atoms with Crippen LogP contribution in [-0.4, -0.2) is 51.7 Å². The van der Waals surface area contributed by atoms with Crippen molar-refractivity contribution < 1.29 is 14.7 Å². The highest BCUT2D eigenvalue weighted by molar-refractivity contribution is 5.91. The third kappa shape index (κ3) is 2.68. The highest BCUT2D eigenvalue weighted by atomic mass is 16.3. The fourth-order valence-corrected chi connectivity index (χ4v) is 7.38. The Bertz CT molecular complexity index is 745. The molecule has 1 saturated heterocycles. The van der Waals surface area contributed by atoms with Gasteiger partial charge in [-0.15, -0.1) is 0 Å². The lowest BCUT2D eigenvalue weighted by Gasteiger charge is -2.62. The Morgan fingerprint density at radius 2 is 1.89 bits per heavy atom. The Hall–Kier alpha value is -1.65. The van der Waals surface area contributed by atoms with Gasteiger partial charge in [0.1, 0.15) is 6.04 Å². The lowest BCUT2D eigenvalue weighted by molar-refractivity contribution is -0.182. The number of amides is 2. The third-order valence-electron chi connectivity index (χ3n) is 8.12. The van der Waals surface area contributed by atoms with E-state index in [0.29, 0.717) is 24.2 Å². The molecule has 4 N–H and O–H groups in total. The van der Waals surface area contributed by atoms with E-state index in [0.717, 1.165) is 44.9 Å². The van der Waals surface area contributed by atoms with Crippen LogP contribution in [0.4, 0.5) is 0 Å². The van der Waals surface area contributed by atoms with Gasteiger partial charge in [0.05, 0.1) is 11.6 Å². The van der Waals surface area contributed by atoms with Crippen LogP contribution < -0.4 is 11.1 Å². The largest absolute Gasteiger partial charge is 0.390 e. The number of carbonyl (C=O) groups excluding carboxylic acids is 2. The number of nitrogens with one attached hydrogen (secondary N) is 1. The molecule has 7 atom stereocenters. The van der Waals surface area contributed by atoms with Crippen LogP contribution in [0.5, 0.6) is 0 Å². The van der Waals surface area contributed by atoms with Gasteiger partial charge >= 0.3 is 6.17 Å². The van der Waals surface area contributed by atoms with E-state index in [4.69, 9.17) is 12.3 Å². The van der Waals surface area contributed by atoms with Crippen LogP contribution in [0, 0.1) is 29.7 Å². The molecule has 152 valence electrons. The molecule has 7 nitrogen and oxygen atoms in total. The van der Waals surface area contributed by atoms with Crippen LogP contribution in [0.25, 0.3) is 4.85 Å². The zero-order valence-electron chi connectivity index (χ0n) is 16.4. The summed E-state index contributed by atoms with van der Waals surface area (Å²) < 4.78 is 0. The Morgan fingerprint density at radius 3 is 2.46 bits per heavy atom. The Kier molecular flexibility index (Phi) is 3.89. The van der Waals surface area contributed by atoms with Crippen molar-refractivity contribution in [3.05, 3.63) is 11.4 Å². The number of likely N-dealkylation sites (tertiary alicyclic amines) is 1. The first-order chi connectivity index (χ1) is 13.2. The maximum Gasteiger partial charge on any atom is 0.301 e. The summed E-state index contributed by atoms with van der Waals surface area (Å²) in [7, 11) is 0. The standard InChI is InChI=1S/C21H30N4O3/c1-11(22)18(26)24-17(19(27)25-15-4-14(15)5-16(25)23-2)20-6-12-3-13(7-20)9-21(28,8-12)10-20/h11-17,28H,3-10,22H2,1H3,(H,24,26). The average Bonchev–Trinajstić information content (AvgIpc) is 3.26. The molecule has 0 aromatic rings. The van der Waals surface area contributed by atoms with E-state index in [1.54, 1.807) is 11.8 Å². The Balaban J connectivity index is 1.49. The summed E-state index contributed by atoms with van der Waals surface area (Å²) in [6.07, 6.45) is 6.34. The van der Waals surface area contributed by atoms with Crippen molar-refractivity contribution >= 4 is 11.8 Å². The van der Waals surface area contributed by atoms with Crippen molar-refractivity contribution in [2.24, 2.45) is 28.9 Å². The fraction of sp³-hybridized carbons (Fsp3) is 0.857. The smallest absolute Gasteiger partial charge is 0.301 e. The summed E-state index contributed by atoms with van der Waals surface area (Å²) in [4.78, 5) is 31.8. The molecule has 6 rings (SSSR count). The summed E-state index contributed by atoms with van der Waals surface area (Å²) in [5.74, 6) is 0.821. The summed E-state index contributed by atoms with van der Waals surface area (Å²) in [5.41, 5.74) is 4.68. The molecule has 7 unspecified atom stereocenters. The molecule has 28 heavy (non-hydrogen) atoms. The minimum Gasteiger partial charge on any atom is -0.390 e. The number of carbonyl (C=O) groups is 2. The summed E-state index contributed by atoms with van der Waals surface area (Å²) in [6, 6.07) is -1.23. The third-order valence-corrected chi connectivity index (χ3v) is 8.12. The van der Waals surface area contributed by atoms with E-state index in [2.05, 4.69) is 10.2 Å². The molecular weight excluding hydrogens is 356 g/mol. The normalized spacial score (nSPS) is 47.2. The lowest BCUT2D eigenvalue weighted by Crippen LogP contribution is -2.67. The molecule has 2 amide bonds. The van der Waals surface area contributed by atoms with E-state index in [1.807, 2.05) is 0 Å². The molecule has 0 spiro atoms. The maximum absolute atomic E-state index is 13.8. The van der Waals surface area contributed by atoms with Crippen LogP contribution >= 0.6 is 0 Å². The molecule has 1 heterocycles. The van der Waals surface area contributed by atoms with Gasteiger partial charge in [-0.05, 0) is 69.6 Å². The summed E-state index contributed by atoms with van der Waals surface area (Å²) in [5, 5.41) is 14.1. The highest BCUT2D eigenvalue weighted by Crippen LogP contribution is 2.63. The topological polar surface area (TPSA) is 100 Å². The molecule has 0 aromatic carbocycles. The molecule has 4 bridgehead atoms. The van der Waals surface area contributed by atoms with E-state index in [-0.39, 0.29) is 17.9 Å². The quantitative estimate of drug-likeness (QED) is 0.628. The number of aliphatic hydroxyl groups is 1. The van der Waals surface area contributed by atoms with E-state index in [9.17, 15) is 14.7 Å². The number of nitrogens with two attached hydrogens (primary N) is 1. The van der Waals surface area contributed by atoms with Gasteiger partial charge in [0, 0.05) is 17.9 Å². The molecule has 5 aliphatic carbocycles. The number of fused-ring (bicyclic) bond motifs is 1. The molecule has 6 fully saturated rings. The van der Waals surface area contributed by atoms with E-state index >= 15 is 0 Å². The Morgan fingerprint density at radius 1 is 1.21 bits per heavy atom. The molecule has 0 radical (unpaired) electrons. The molecule has 7 heteroatoms. The number of hydrogen-bond acceptors (Lipinski definition) is 4. The zero-order valence-corrected chi connectivity index (χ0v) is 16.4. The van der Waals surface area contributed by atoms with Crippen LogP contribution in [0.3, 0.4) is 0 Å². The number of hydrogen-bond donors (Lipinski definition) is 3. The second kappa shape index (κ2) is 5.93.